The molecule has 0 bridgehead atoms. The smallest absolute Gasteiger partial charge is 0.417 e. The fourth-order valence-corrected chi connectivity index (χ4v) is 1.77. The Hall–Kier alpha value is -2.37. The summed E-state index contributed by atoms with van der Waals surface area (Å²) in [6, 6.07) is 7.19. The molecule has 0 atom stereocenters. The van der Waals surface area contributed by atoms with E-state index in [1.165, 1.54) is 31.2 Å². The van der Waals surface area contributed by atoms with Crippen LogP contribution in [-0.4, -0.2) is 6.29 Å². The first-order chi connectivity index (χ1) is 9.82. The van der Waals surface area contributed by atoms with E-state index in [9.17, 15) is 22.4 Å². The van der Waals surface area contributed by atoms with E-state index < -0.39 is 23.1 Å². The van der Waals surface area contributed by atoms with Crippen molar-refractivity contribution in [2.75, 3.05) is 0 Å². The summed E-state index contributed by atoms with van der Waals surface area (Å²) < 4.78 is 57.3. The van der Waals surface area contributed by atoms with Crippen molar-refractivity contribution in [2.24, 2.45) is 0 Å². The van der Waals surface area contributed by atoms with Crippen molar-refractivity contribution in [3.63, 3.8) is 0 Å². The van der Waals surface area contributed by atoms with Gasteiger partial charge in [0, 0.05) is 5.56 Å². The fraction of sp³-hybridized carbons (Fsp3) is 0.133. The van der Waals surface area contributed by atoms with E-state index in [1.54, 1.807) is 0 Å². The van der Waals surface area contributed by atoms with Crippen LogP contribution in [0.15, 0.2) is 36.4 Å². The zero-order valence-corrected chi connectivity index (χ0v) is 10.9. The number of hydrogen-bond donors (Lipinski definition) is 0. The highest BCUT2D eigenvalue weighted by Crippen LogP contribution is 2.35. The predicted octanol–water partition coefficient (Wildman–Crippen LogP) is 4.76. The minimum Gasteiger partial charge on any atom is -0.454 e. The van der Waals surface area contributed by atoms with Crippen LogP contribution < -0.4 is 4.74 Å². The third-order valence-electron chi connectivity index (χ3n) is 2.84. The van der Waals surface area contributed by atoms with Gasteiger partial charge in [0.05, 0.1) is 5.56 Å². The lowest BCUT2D eigenvalue weighted by Gasteiger charge is -2.13. The largest absolute Gasteiger partial charge is 0.454 e. The lowest BCUT2D eigenvalue weighted by molar-refractivity contribution is -0.137. The van der Waals surface area contributed by atoms with E-state index >= 15 is 0 Å². The summed E-state index contributed by atoms with van der Waals surface area (Å²) in [4.78, 5) is 10.6. The Kier molecular flexibility index (Phi) is 3.97. The zero-order valence-electron chi connectivity index (χ0n) is 10.9. The number of alkyl halides is 3. The van der Waals surface area contributed by atoms with E-state index in [0.29, 0.717) is 11.6 Å². The van der Waals surface area contributed by atoms with E-state index in [2.05, 4.69) is 0 Å². The molecule has 2 aromatic rings. The predicted molar refractivity (Wildman–Crippen MR) is 68.0 cm³/mol. The summed E-state index contributed by atoms with van der Waals surface area (Å²) in [5.41, 5.74) is -1.31. The van der Waals surface area contributed by atoms with Crippen molar-refractivity contribution in [2.45, 2.75) is 13.1 Å². The first-order valence-corrected chi connectivity index (χ1v) is 5.92. The topological polar surface area (TPSA) is 26.3 Å². The van der Waals surface area contributed by atoms with Crippen LogP contribution in [0, 0.1) is 12.7 Å². The first kappa shape index (κ1) is 15.0. The molecule has 110 valence electrons. The second kappa shape index (κ2) is 5.55. The minimum absolute atomic E-state index is 0.111. The van der Waals surface area contributed by atoms with Crippen molar-refractivity contribution in [3.8, 4) is 11.5 Å². The van der Waals surface area contributed by atoms with Crippen LogP contribution >= 0.6 is 0 Å². The van der Waals surface area contributed by atoms with Gasteiger partial charge < -0.3 is 4.74 Å². The van der Waals surface area contributed by atoms with Gasteiger partial charge in [0.25, 0.3) is 0 Å². The van der Waals surface area contributed by atoms with Gasteiger partial charge in [-0.2, -0.15) is 13.2 Å². The molecular weight excluding hydrogens is 288 g/mol. The number of hydrogen-bond acceptors (Lipinski definition) is 2. The molecule has 0 amide bonds. The molecule has 21 heavy (non-hydrogen) atoms. The fourth-order valence-electron chi connectivity index (χ4n) is 1.77. The molecular formula is C15H10F4O2. The molecule has 0 unspecified atom stereocenters. The number of aldehydes is 1. The third kappa shape index (κ3) is 3.21. The monoisotopic (exact) mass is 298 g/mol. The molecule has 2 rings (SSSR count). The van der Waals surface area contributed by atoms with Crippen LogP contribution in [0.2, 0.25) is 0 Å². The minimum atomic E-state index is -4.69. The number of halogens is 4. The maximum atomic E-state index is 13.8. The maximum Gasteiger partial charge on any atom is 0.417 e. The lowest BCUT2D eigenvalue weighted by atomic mass is 10.1. The van der Waals surface area contributed by atoms with Gasteiger partial charge in [-0.15, -0.1) is 0 Å². The van der Waals surface area contributed by atoms with E-state index in [4.69, 9.17) is 4.74 Å². The molecule has 0 aliphatic carbocycles. The summed E-state index contributed by atoms with van der Waals surface area (Å²) in [6.07, 6.45) is -4.58. The molecule has 0 aliphatic rings. The number of benzene rings is 2. The summed E-state index contributed by atoms with van der Waals surface area (Å²) >= 11 is 0. The van der Waals surface area contributed by atoms with Crippen molar-refractivity contribution in [3.05, 3.63) is 58.9 Å². The Balaban J connectivity index is 2.42. The van der Waals surface area contributed by atoms with Gasteiger partial charge in [-0.25, -0.2) is 4.39 Å². The first-order valence-electron chi connectivity index (χ1n) is 5.92. The molecule has 0 radical (unpaired) electrons. The third-order valence-corrected chi connectivity index (χ3v) is 2.84. The quantitative estimate of drug-likeness (QED) is 0.603. The van der Waals surface area contributed by atoms with E-state index in [1.807, 2.05) is 0 Å². The summed E-state index contributed by atoms with van der Waals surface area (Å²) in [5, 5.41) is 0. The van der Waals surface area contributed by atoms with Gasteiger partial charge in [-0.3, -0.25) is 4.79 Å². The number of aryl methyl sites for hydroxylation is 1. The van der Waals surface area contributed by atoms with Crippen molar-refractivity contribution in [1.29, 1.82) is 0 Å². The highest BCUT2D eigenvalue weighted by atomic mass is 19.4. The van der Waals surface area contributed by atoms with Crippen LogP contribution in [0.5, 0.6) is 11.5 Å². The maximum absolute atomic E-state index is 13.8. The number of carbonyl (C=O) groups is 1. The Morgan fingerprint density at radius 1 is 1.14 bits per heavy atom. The molecule has 0 spiro atoms. The standard InChI is InChI=1S/C15H10F4O2/c1-9-3-2-4-13(14(9)16)21-11-6-5-10(8-20)12(7-11)15(17,18)19/h2-8H,1H3. The van der Waals surface area contributed by atoms with Crippen molar-refractivity contribution in [1.82, 2.24) is 0 Å². The van der Waals surface area contributed by atoms with Gasteiger partial charge in [0.15, 0.2) is 17.9 Å². The Labute approximate surface area is 118 Å². The second-order valence-electron chi connectivity index (χ2n) is 4.35. The molecule has 0 N–H and O–H groups in total. The van der Waals surface area contributed by atoms with E-state index in [-0.39, 0.29) is 17.8 Å². The van der Waals surface area contributed by atoms with Crippen LogP contribution in [-0.2, 0) is 6.18 Å². The van der Waals surface area contributed by atoms with Crippen molar-refractivity contribution < 1.29 is 27.1 Å². The normalized spacial score (nSPS) is 11.3. The molecule has 2 nitrogen and oxygen atoms in total. The van der Waals surface area contributed by atoms with Gasteiger partial charge in [-0.05, 0) is 36.8 Å². The van der Waals surface area contributed by atoms with Gasteiger partial charge in [-0.1, -0.05) is 12.1 Å². The molecule has 0 fully saturated rings. The number of carbonyl (C=O) groups excluding carboxylic acids is 1. The molecule has 6 heteroatoms. The van der Waals surface area contributed by atoms with Crippen LogP contribution in [0.4, 0.5) is 17.6 Å². The number of rotatable bonds is 3. The van der Waals surface area contributed by atoms with E-state index in [0.717, 1.165) is 6.07 Å². The van der Waals surface area contributed by atoms with Crippen LogP contribution in [0.25, 0.3) is 0 Å². The highest BCUT2D eigenvalue weighted by molar-refractivity contribution is 5.78. The van der Waals surface area contributed by atoms with Gasteiger partial charge >= 0.3 is 6.18 Å². The van der Waals surface area contributed by atoms with Crippen LogP contribution in [0.3, 0.4) is 0 Å². The molecule has 0 saturated heterocycles. The van der Waals surface area contributed by atoms with Crippen LogP contribution in [0.1, 0.15) is 21.5 Å². The SMILES string of the molecule is Cc1cccc(Oc2ccc(C=O)c(C(F)(F)F)c2)c1F. The zero-order chi connectivity index (χ0) is 15.6. The highest BCUT2D eigenvalue weighted by Gasteiger charge is 2.33. The molecule has 2 aromatic carbocycles. The summed E-state index contributed by atoms with van der Waals surface area (Å²) in [6.45, 7) is 1.51. The van der Waals surface area contributed by atoms with Gasteiger partial charge in [0.1, 0.15) is 5.75 Å². The molecule has 0 aromatic heterocycles. The Morgan fingerprint density at radius 2 is 1.86 bits per heavy atom. The second-order valence-corrected chi connectivity index (χ2v) is 4.35. The average Bonchev–Trinajstić information content (AvgIpc) is 2.43. The Morgan fingerprint density at radius 3 is 2.48 bits per heavy atom. The summed E-state index contributed by atoms with van der Waals surface area (Å²) in [5.74, 6) is -1.02. The van der Waals surface area contributed by atoms with Crippen molar-refractivity contribution >= 4 is 6.29 Å². The Bertz CT molecular complexity index is 678. The molecule has 0 heterocycles. The average molecular weight is 298 g/mol. The van der Waals surface area contributed by atoms with Gasteiger partial charge in [0.2, 0.25) is 0 Å². The molecule has 0 aliphatic heterocycles. The lowest BCUT2D eigenvalue weighted by Crippen LogP contribution is -2.09. The number of ether oxygens (including phenoxy) is 1. The summed E-state index contributed by atoms with van der Waals surface area (Å²) in [7, 11) is 0. The molecule has 0 saturated carbocycles.